The number of rotatable bonds is 8. The lowest BCUT2D eigenvalue weighted by molar-refractivity contribution is -0.149. The van der Waals surface area contributed by atoms with Crippen LogP contribution in [0.25, 0.3) is 11.2 Å². The Bertz CT molecular complexity index is 716. The summed E-state index contributed by atoms with van der Waals surface area (Å²) in [7, 11) is 0. The molecule has 0 unspecified atom stereocenters. The van der Waals surface area contributed by atoms with Gasteiger partial charge < -0.3 is 15.0 Å². The average molecular weight is 397 g/mol. The van der Waals surface area contributed by atoms with E-state index in [1.54, 1.807) is 13.1 Å². The molecule has 0 radical (unpaired) electrons. The zero-order chi connectivity index (χ0) is 17.5. The summed E-state index contributed by atoms with van der Waals surface area (Å²) in [6.45, 7) is 4.40. The molecule has 7 nitrogen and oxygen atoms in total. The van der Waals surface area contributed by atoms with Crippen LogP contribution in [-0.2, 0) is 14.3 Å². The van der Waals surface area contributed by atoms with Crippen molar-refractivity contribution in [1.29, 1.82) is 0 Å². The number of imidazole rings is 1. The number of carbonyl (C=O) groups is 2. The molecule has 0 aliphatic rings. The van der Waals surface area contributed by atoms with Crippen molar-refractivity contribution in [2.75, 3.05) is 6.54 Å². The van der Waals surface area contributed by atoms with E-state index >= 15 is 0 Å². The van der Waals surface area contributed by atoms with Crippen LogP contribution < -0.4 is 5.32 Å². The molecule has 8 heteroatoms. The second-order valence-electron chi connectivity index (χ2n) is 5.48. The van der Waals surface area contributed by atoms with E-state index in [-0.39, 0.29) is 18.3 Å². The van der Waals surface area contributed by atoms with E-state index in [0.717, 1.165) is 16.4 Å². The number of hydrogen-bond donors (Lipinski definition) is 2. The molecule has 0 saturated carbocycles. The molecule has 2 rings (SSSR count). The Morgan fingerprint density at radius 1 is 1.42 bits per heavy atom. The Labute approximate surface area is 148 Å². The van der Waals surface area contributed by atoms with Crippen molar-refractivity contribution in [3.63, 3.8) is 0 Å². The number of carbonyl (C=O) groups excluding carboxylic acids is 2. The van der Waals surface area contributed by atoms with Crippen molar-refractivity contribution < 1.29 is 14.3 Å². The number of hydrogen-bond acceptors (Lipinski definition) is 5. The maximum absolute atomic E-state index is 11.9. The fraction of sp³-hybridized carbons (Fsp3) is 0.500. The Morgan fingerprint density at radius 2 is 2.21 bits per heavy atom. The van der Waals surface area contributed by atoms with Gasteiger partial charge in [0.2, 0.25) is 5.91 Å². The summed E-state index contributed by atoms with van der Waals surface area (Å²) in [5.74, 6) is 0.164. The van der Waals surface area contributed by atoms with Gasteiger partial charge in [0.25, 0.3) is 0 Å². The van der Waals surface area contributed by atoms with Gasteiger partial charge in [0, 0.05) is 30.1 Å². The lowest BCUT2D eigenvalue weighted by Gasteiger charge is -2.10. The monoisotopic (exact) mass is 396 g/mol. The van der Waals surface area contributed by atoms with Crippen molar-refractivity contribution in [3.05, 3.63) is 22.6 Å². The minimum atomic E-state index is -0.501. The molecule has 130 valence electrons. The van der Waals surface area contributed by atoms with Crippen molar-refractivity contribution in [2.24, 2.45) is 0 Å². The Kier molecular flexibility index (Phi) is 6.72. The van der Waals surface area contributed by atoms with Gasteiger partial charge in [-0.3, -0.25) is 9.59 Å². The quantitative estimate of drug-likeness (QED) is 0.668. The van der Waals surface area contributed by atoms with E-state index in [9.17, 15) is 9.59 Å². The first-order chi connectivity index (χ1) is 11.5. The molecule has 1 amide bonds. The van der Waals surface area contributed by atoms with E-state index in [4.69, 9.17) is 4.74 Å². The Morgan fingerprint density at radius 3 is 2.96 bits per heavy atom. The number of nitrogens with one attached hydrogen (secondary N) is 2. The Hall–Kier alpha value is -1.96. The minimum absolute atomic E-state index is 0.0355. The second-order valence-corrected chi connectivity index (χ2v) is 6.40. The number of fused-ring (bicyclic) bond motifs is 1. The van der Waals surface area contributed by atoms with Gasteiger partial charge in [0.05, 0.1) is 5.52 Å². The maximum Gasteiger partial charge on any atom is 0.306 e. The van der Waals surface area contributed by atoms with E-state index in [2.05, 4.69) is 36.2 Å². The normalized spacial score (nSPS) is 12.1. The first-order valence-corrected chi connectivity index (χ1v) is 8.76. The van der Waals surface area contributed by atoms with Crippen molar-refractivity contribution >= 4 is 39.0 Å². The van der Waals surface area contributed by atoms with Gasteiger partial charge >= 0.3 is 5.97 Å². The molecule has 0 aromatic carbocycles. The number of amides is 1. The van der Waals surface area contributed by atoms with Gasteiger partial charge in [-0.25, -0.2) is 9.97 Å². The van der Waals surface area contributed by atoms with Gasteiger partial charge in [0.15, 0.2) is 11.8 Å². The third-order valence-corrected chi connectivity index (χ3v) is 3.81. The Balaban J connectivity index is 1.81. The van der Waals surface area contributed by atoms with Crippen LogP contribution in [0.15, 0.2) is 16.7 Å². The number of ether oxygens (including phenoxy) is 1. The first kappa shape index (κ1) is 18.4. The molecule has 2 N–H and O–H groups in total. The smallest absolute Gasteiger partial charge is 0.306 e. The fourth-order valence-corrected chi connectivity index (χ4v) is 2.47. The average Bonchev–Trinajstić information content (AvgIpc) is 2.96. The summed E-state index contributed by atoms with van der Waals surface area (Å²) in [6.07, 6.45) is 3.05. The van der Waals surface area contributed by atoms with Crippen LogP contribution >= 0.6 is 15.9 Å². The molecule has 0 bridgehead atoms. The molecule has 2 heterocycles. The summed E-state index contributed by atoms with van der Waals surface area (Å²) < 4.78 is 6.20. The molecular weight excluding hydrogens is 376 g/mol. The van der Waals surface area contributed by atoms with Crippen LogP contribution in [-0.4, -0.2) is 33.4 Å². The minimum Gasteiger partial charge on any atom is -0.454 e. The zero-order valence-corrected chi connectivity index (χ0v) is 15.4. The van der Waals surface area contributed by atoms with Gasteiger partial charge in [-0.1, -0.05) is 6.92 Å². The topological polar surface area (TPSA) is 97.0 Å². The number of aromatic amines is 1. The first-order valence-electron chi connectivity index (χ1n) is 7.97. The standard InChI is InChI=1S/C16H21BrN4O3/c1-3-7-18-13(22)5-4-6-14(23)24-10(2)15-20-12-8-11(17)9-19-16(12)21-15/h8-10H,3-7H2,1-2H3,(H,18,22)(H,19,20,21)/t10-/m0/s1. The van der Waals surface area contributed by atoms with Gasteiger partial charge in [-0.2, -0.15) is 0 Å². The van der Waals surface area contributed by atoms with Gasteiger partial charge in [0.1, 0.15) is 5.82 Å². The number of H-pyrrole nitrogens is 1. The van der Waals surface area contributed by atoms with Crippen LogP contribution in [0.4, 0.5) is 0 Å². The summed E-state index contributed by atoms with van der Waals surface area (Å²) in [4.78, 5) is 34.9. The number of aromatic nitrogens is 3. The van der Waals surface area contributed by atoms with Crippen molar-refractivity contribution in [2.45, 2.75) is 45.6 Å². The molecule has 2 aromatic rings. The SMILES string of the molecule is CCCNC(=O)CCCC(=O)O[C@@H](C)c1nc2ncc(Br)cc2[nH]1. The molecule has 0 aliphatic heterocycles. The van der Waals surface area contributed by atoms with E-state index in [0.29, 0.717) is 30.9 Å². The number of halogens is 1. The third-order valence-electron chi connectivity index (χ3n) is 3.37. The molecule has 0 fully saturated rings. The van der Waals surface area contributed by atoms with Gasteiger partial charge in [-0.15, -0.1) is 0 Å². The number of pyridine rings is 1. The molecule has 0 aliphatic carbocycles. The highest BCUT2D eigenvalue weighted by atomic mass is 79.9. The molecular formula is C16H21BrN4O3. The van der Waals surface area contributed by atoms with Crippen LogP contribution in [0.3, 0.4) is 0 Å². The van der Waals surface area contributed by atoms with E-state index < -0.39 is 6.10 Å². The lowest BCUT2D eigenvalue weighted by atomic mass is 10.2. The molecule has 24 heavy (non-hydrogen) atoms. The molecule has 0 saturated heterocycles. The van der Waals surface area contributed by atoms with Crippen molar-refractivity contribution in [3.8, 4) is 0 Å². The fourth-order valence-electron chi connectivity index (χ4n) is 2.14. The maximum atomic E-state index is 11.9. The van der Waals surface area contributed by atoms with Crippen LogP contribution in [0.2, 0.25) is 0 Å². The predicted octanol–water partition coefficient (Wildman–Crippen LogP) is 3.02. The molecule has 0 spiro atoms. The van der Waals surface area contributed by atoms with Crippen LogP contribution in [0.5, 0.6) is 0 Å². The van der Waals surface area contributed by atoms with Gasteiger partial charge in [-0.05, 0) is 41.8 Å². The summed E-state index contributed by atoms with van der Waals surface area (Å²) in [5, 5.41) is 2.78. The highest BCUT2D eigenvalue weighted by molar-refractivity contribution is 9.10. The molecule has 1 atom stereocenters. The second kappa shape index (κ2) is 8.77. The molecule has 2 aromatic heterocycles. The highest BCUT2D eigenvalue weighted by Gasteiger charge is 2.16. The summed E-state index contributed by atoms with van der Waals surface area (Å²) in [6, 6.07) is 1.86. The van der Waals surface area contributed by atoms with Crippen molar-refractivity contribution in [1.82, 2.24) is 20.3 Å². The number of esters is 1. The van der Waals surface area contributed by atoms with Crippen LogP contribution in [0, 0.1) is 0 Å². The zero-order valence-electron chi connectivity index (χ0n) is 13.8. The number of nitrogens with zero attached hydrogens (tertiary/aromatic N) is 2. The van der Waals surface area contributed by atoms with E-state index in [1.807, 2.05) is 13.0 Å². The van der Waals surface area contributed by atoms with Crippen LogP contribution in [0.1, 0.15) is 51.5 Å². The van der Waals surface area contributed by atoms with E-state index in [1.165, 1.54) is 0 Å². The summed E-state index contributed by atoms with van der Waals surface area (Å²) >= 11 is 3.35. The highest BCUT2D eigenvalue weighted by Crippen LogP contribution is 2.20. The largest absolute Gasteiger partial charge is 0.454 e. The predicted molar refractivity (Wildman–Crippen MR) is 93.2 cm³/mol. The summed E-state index contributed by atoms with van der Waals surface area (Å²) in [5.41, 5.74) is 1.35. The lowest BCUT2D eigenvalue weighted by Crippen LogP contribution is -2.23. The third kappa shape index (κ3) is 5.30.